The molecule has 0 spiro atoms. The van der Waals surface area contributed by atoms with Gasteiger partial charge >= 0.3 is 0 Å². The molecular formula is C27H28N4O. The van der Waals surface area contributed by atoms with Crippen LogP contribution in [0.4, 0.5) is 5.82 Å². The zero-order chi connectivity index (χ0) is 21.9. The molecule has 5 nitrogen and oxygen atoms in total. The van der Waals surface area contributed by atoms with Gasteiger partial charge in [0.2, 0.25) is 0 Å². The Morgan fingerprint density at radius 1 is 1.06 bits per heavy atom. The molecule has 0 aromatic carbocycles. The highest BCUT2D eigenvalue weighted by Gasteiger charge is 2.21. The van der Waals surface area contributed by atoms with E-state index in [4.69, 9.17) is 9.40 Å². The zero-order valence-corrected chi connectivity index (χ0v) is 18.6. The van der Waals surface area contributed by atoms with Gasteiger partial charge < -0.3 is 9.73 Å². The minimum atomic E-state index is 0.451. The van der Waals surface area contributed by atoms with Crippen molar-refractivity contribution in [1.82, 2.24) is 14.4 Å². The van der Waals surface area contributed by atoms with Crippen LogP contribution in [-0.4, -0.2) is 20.4 Å². The molecule has 4 aromatic heterocycles. The van der Waals surface area contributed by atoms with Crippen molar-refractivity contribution in [3.05, 3.63) is 71.9 Å². The average Bonchev–Trinajstić information content (AvgIpc) is 3.43. The van der Waals surface area contributed by atoms with Gasteiger partial charge in [-0.2, -0.15) is 0 Å². The molecule has 0 atom stereocenters. The Kier molecular flexibility index (Phi) is 5.68. The number of aromatic nitrogens is 3. The molecule has 0 unspecified atom stereocenters. The number of pyridine rings is 2. The summed E-state index contributed by atoms with van der Waals surface area (Å²) in [5.41, 5.74) is 3.77. The Morgan fingerprint density at radius 2 is 1.94 bits per heavy atom. The molecular weight excluding hydrogens is 396 g/mol. The fraction of sp³-hybridized carbons (Fsp3) is 0.333. The van der Waals surface area contributed by atoms with Gasteiger partial charge in [-0.25, -0.2) is 9.97 Å². The van der Waals surface area contributed by atoms with Gasteiger partial charge in [0.15, 0.2) is 11.5 Å². The van der Waals surface area contributed by atoms with E-state index in [1.807, 2.05) is 30.3 Å². The third-order valence-corrected chi connectivity index (χ3v) is 6.08. The summed E-state index contributed by atoms with van der Waals surface area (Å²) < 4.78 is 8.26. The van der Waals surface area contributed by atoms with E-state index in [9.17, 15) is 0 Å². The molecule has 162 valence electrons. The third-order valence-electron chi connectivity index (χ3n) is 6.08. The largest absolute Gasteiger partial charge is 0.446 e. The summed E-state index contributed by atoms with van der Waals surface area (Å²) in [6.07, 6.45) is 10.1. The monoisotopic (exact) mass is 424 g/mol. The first-order valence-electron chi connectivity index (χ1n) is 11.5. The Labute approximate surface area is 188 Å². The summed E-state index contributed by atoms with van der Waals surface area (Å²) in [6, 6.07) is 14.4. The van der Waals surface area contributed by atoms with Gasteiger partial charge in [-0.1, -0.05) is 39.2 Å². The summed E-state index contributed by atoms with van der Waals surface area (Å²) in [7, 11) is 0. The number of rotatable bonds is 4. The molecule has 32 heavy (non-hydrogen) atoms. The Bertz CT molecular complexity index is 1270. The summed E-state index contributed by atoms with van der Waals surface area (Å²) >= 11 is 0. The van der Waals surface area contributed by atoms with Gasteiger partial charge in [-0.3, -0.25) is 4.40 Å². The van der Waals surface area contributed by atoms with Crippen molar-refractivity contribution in [3.63, 3.8) is 0 Å². The molecule has 1 aliphatic rings. The molecule has 0 bridgehead atoms. The van der Waals surface area contributed by atoms with Crippen LogP contribution in [0.15, 0.2) is 59.3 Å². The SMILES string of the molecule is CC(C)c1ccn2c(NC3CCCCC3)c(-c3ccc(C#Cc4ccccn4)o3)nc2c1. The van der Waals surface area contributed by atoms with Crippen LogP contribution in [-0.2, 0) is 0 Å². The minimum Gasteiger partial charge on any atom is -0.446 e. The molecule has 1 fully saturated rings. The Balaban J connectivity index is 1.53. The van der Waals surface area contributed by atoms with Gasteiger partial charge in [0.1, 0.15) is 22.9 Å². The second-order valence-electron chi connectivity index (χ2n) is 8.76. The maximum absolute atomic E-state index is 6.11. The smallest absolute Gasteiger partial charge is 0.178 e. The molecule has 1 N–H and O–H groups in total. The van der Waals surface area contributed by atoms with Gasteiger partial charge in [0.05, 0.1) is 0 Å². The van der Waals surface area contributed by atoms with Crippen LogP contribution in [0.1, 0.15) is 68.9 Å². The van der Waals surface area contributed by atoms with Crippen LogP contribution in [0, 0.1) is 11.8 Å². The van der Waals surface area contributed by atoms with Crippen molar-refractivity contribution in [3.8, 4) is 23.3 Å². The second kappa shape index (κ2) is 8.92. The van der Waals surface area contributed by atoms with E-state index < -0.39 is 0 Å². The van der Waals surface area contributed by atoms with E-state index in [2.05, 4.69) is 58.7 Å². The number of anilines is 1. The molecule has 4 heterocycles. The van der Waals surface area contributed by atoms with Crippen molar-refractivity contribution < 1.29 is 4.42 Å². The number of hydrogen-bond donors (Lipinski definition) is 1. The first-order chi connectivity index (χ1) is 15.7. The molecule has 4 aromatic rings. The van der Waals surface area contributed by atoms with E-state index in [1.165, 1.54) is 37.7 Å². The molecule has 1 saturated carbocycles. The van der Waals surface area contributed by atoms with Gasteiger partial charge in [-0.05, 0) is 72.6 Å². The average molecular weight is 425 g/mol. The predicted octanol–water partition coefficient (Wildman–Crippen LogP) is 6.26. The summed E-state index contributed by atoms with van der Waals surface area (Å²) in [5.74, 6) is 8.91. The quantitative estimate of drug-likeness (QED) is 0.393. The number of hydrogen-bond acceptors (Lipinski definition) is 4. The highest BCUT2D eigenvalue weighted by molar-refractivity contribution is 5.74. The first kappa shape index (κ1) is 20.4. The minimum absolute atomic E-state index is 0.451. The normalized spacial score (nSPS) is 14.5. The van der Waals surface area contributed by atoms with E-state index in [0.29, 0.717) is 17.7 Å². The van der Waals surface area contributed by atoms with Crippen molar-refractivity contribution in [2.24, 2.45) is 0 Å². The molecule has 5 rings (SSSR count). The van der Waals surface area contributed by atoms with Crippen LogP contribution in [0.3, 0.4) is 0 Å². The zero-order valence-electron chi connectivity index (χ0n) is 18.6. The second-order valence-corrected chi connectivity index (χ2v) is 8.76. The molecule has 5 heteroatoms. The Hall–Kier alpha value is -3.52. The number of nitrogens with one attached hydrogen (secondary N) is 1. The topological polar surface area (TPSA) is 55.4 Å². The van der Waals surface area contributed by atoms with Crippen LogP contribution >= 0.6 is 0 Å². The molecule has 0 saturated heterocycles. The van der Waals surface area contributed by atoms with Crippen molar-refractivity contribution in [2.45, 2.75) is 57.9 Å². The lowest BCUT2D eigenvalue weighted by Gasteiger charge is -2.24. The molecule has 0 aliphatic heterocycles. The van der Waals surface area contributed by atoms with Crippen molar-refractivity contribution >= 4 is 11.5 Å². The number of nitrogens with zero attached hydrogens (tertiary/aromatic N) is 3. The van der Waals surface area contributed by atoms with E-state index in [-0.39, 0.29) is 0 Å². The number of fused-ring (bicyclic) bond motifs is 1. The number of imidazole rings is 1. The van der Waals surface area contributed by atoms with Crippen molar-refractivity contribution in [1.29, 1.82) is 0 Å². The fourth-order valence-electron chi connectivity index (χ4n) is 4.26. The third kappa shape index (κ3) is 4.27. The summed E-state index contributed by atoms with van der Waals surface area (Å²) in [6.45, 7) is 4.41. The maximum atomic E-state index is 6.11. The highest BCUT2D eigenvalue weighted by atomic mass is 16.3. The number of furan rings is 1. The van der Waals surface area contributed by atoms with E-state index >= 15 is 0 Å². The van der Waals surface area contributed by atoms with Crippen LogP contribution < -0.4 is 5.32 Å². The van der Waals surface area contributed by atoms with Crippen LogP contribution in [0.5, 0.6) is 0 Å². The van der Waals surface area contributed by atoms with Crippen LogP contribution in [0.2, 0.25) is 0 Å². The summed E-state index contributed by atoms with van der Waals surface area (Å²) in [4.78, 5) is 9.22. The van der Waals surface area contributed by atoms with E-state index in [0.717, 1.165) is 28.6 Å². The predicted molar refractivity (Wildman–Crippen MR) is 128 cm³/mol. The lowest BCUT2D eigenvalue weighted by atomic mass is 9.95. The molecule has 0 radical (unpaired) electrons. The molecule has 0 amide bonds. The summed E-state index contributed by atoms with van der Waals surface area (Å²) in [5, 5.41) is 3.78. The van der Waals surface area contributed by atoms with E-state index in [1.54, 1.807) is 6.20 Å². The van der Waals surface area contributed by atoms with Gasteiger partial charge in [0, 0.05) is 18.4 Å². The van der Waals surface area contributed by atoms with Crippen molar-refractivity contribution in [2.75, 3.05) is 5.32 Å². The first-order valence-corrected chi connectivity index (χ1v) is 11.5. The van der Waals surface area contributed by atoms with Gasteiger partial charge in [-0.15, -0.1) is 0 Å². The van der Waals surface area contributed by atoms with Gasteiger partial charge in [0.25, 0.3) is 0 Å². The van der Waals surface area contributed by atoms with Crippen LogP contribution in [0.25, 0.3) is 17.1 Å². The highest BCUT2D eigenvalue weighted by Crippen LogP contribution is 2.33. The fourth-order valence-corrected chi connectivity index (χ4v) is 4.26. The Morgan fingerprint density at radius 3 is 2.72 bits per heavy atom. The lowest BCUT2D eigenvalue weighted by molar-refractivity contribution is 0.461. The molecule has 1 aliphatic carbocycles. The standard InChI is InChI=1S/C27H28N4O/c1-19(2)20-15-17-31-25(18-20)30-26(27(31)29-22-9-4-3-5-10-22)24-14-13-23(32-24)12-11-21-8-6-7-16-28-21/h6-8,13-19,22,29H,3-5,9-10H2,1-2H3. The maximum Gasteiger partial charge on any atom is 0.178 e. The lowest BCUT2D eigenvalue weighted by Crippen LogP contribution is -2.23.